The quantitative estimate of drug-likeness (QED) is 0.581. The molecule has 0 spiro atoms. The van der Waals surface area contributed by atoms with E-state index < -0.39 is 23.5 Å². The molecular formula is C12H28O2S2. The van der Waals surface area contributed by atoms with E-state index >= 15 is 0 Å². The summed E-state index contributed by atoms with van der Waals surface area (Å²) in [5.74, 6) is 0. The third-order valence-electron chi connectivity index (χ3n) is 2.23. The second-order valence-electron chi connectivity index (χ2n) is 7.22. The van der Waals surface area contributed by atoms with Crippen LogP contribution in [-0.2, 0) is 8.87 Å². The van der Waals surface area contributed by atoms with E-state index in [2.05, 4.69) is 0 Å². The van der Waals surface area contributed by atoms with Gasteiger partial charge in [0.1, 0.15) is 0 Å². The van der Waals surface area contributed by atoms with Gasteiger partial charge in [-0.05, 0) is 20.8 Å². The number of hydrogen-bond donors (Lipinski definition) is 1. The predicted molar refractivity (Wildman–Crippen MR) is 77.2 cm³/mol. The molecule has 0 saturated carbocycles. The molecule has 0 bridgehead atoms. The molecule has 16 heavy (non-hydrogen) atoms. The molecule has 0 atom stereocenters. The van der Waals surface area contributed by atoms with Crippen molar-refractivity contribution in [1.82, 2.24) is 0 Å². The molecule has 0 aromatic carbocycles. The first-order chi connectivity index (χ1) is 6.62. The van der Waals surface area contributed by atoms with Crippen LogP contribution in [0.3, 0.4) is 0 Å². The molecule has 0 aromatic rings. The van der Waals surface area contributed by atoms with Crippen molar-refractivity contribution in [2.45, 2.75) is 76.6 Å². The van der Waals surface area contributed by atoms with Crippen LogP contribution in [0.4, 0.5) is 0 Å². The molecule has 0 unspecified atom stereocenters. The van der Waals surface area contributed by atoms with E-state index in [0.717, 1.165) is 0 Å². The first kappa shape index (κ1) is 16.3. The minimum Gasteiger partial charge on any atom is -0.219 e. The highest BCUT2D eigenvalue weighted by atomic mass is 33.2. The summed E-state index contributed by atoms with van der Waals surface area (Å²) in [5.41, 5.74) is 0. The van der Waals surface area contributed by atoms with Crippen molar-refractivity contribution in [3.63, 3.8) is 0 Å². The molecule has 0 heterocycles. The van der Waals surface area contributed by atoms with Crippen molar-refractivity contribution in [1.29, 1.82) is 0 Å². The SMILES string of the molecule is CC(C)(C)[SH](C(C)(C)C)S(=O)(=O)C(C)(C)C. The molecule has 0 aliphatic heterocycles. The van der Waals surface area contributed by atoms with Gasteiger partial charge in [-0.2, -0.15) is 0 Å². The normalized spacial score (nSPS) is 16.2. The second kappa shape index (κ2) is 4.20. The van der Waals surface area contributed by atoms with Crippen LogP contribution in [0.2, 0.25) is 0 Å². The average Bonchev–Trinajstić information content (AvgIpc) is 1.72. The zero-order chi connectivity index (χ0) is 13.6. The minimum atomic E-state index is -3.09. The van der Waals surface area contributed by atoms with Gasteiger partial charge in [0.2, 0.25) is 0 Å². The smallest absolute Gasteiger partial charge is 0.188 e. The monoisotopic (exact) mass is 268 g/mol. The van der Waals surface area contributed by atoms with Crippen LogP contribution in [0.25, 0.3) is 0 Å². The van der Waals surface area contributed by atoms with Gasteiger partial charge in [0.15, 0.2) is 8.87 Å². The van der Waals surface area contributed by atoms with Gasteiger partial charge < -0.3 is 0 Å². The van der Waals surface area contributed by atoms with Crippen molar-refractivity contribution >= 4 is 18.8 Å². The van der Waals surface area contributed by atoms with E-state index in [-0.39, 0.29) is 9.49 Å². The fraction of sp³-hybridized carbons (Fsp3) is 1.00. The molecule has 0 N–H and O–H groups in total. The van der Waals surface area contributed by atoms with Crippen LogP contribution >= 0.6 is 9.93 Å². The maximum Gasteiger partial charge on any atom is 0.188 e. The first-order valence-corrected chi connectivity index (χ1v) is 9.10. The van der Waals surface area contributed by atoms with Gasteiger partial charge in [0, 0.05) is 9.49 Å². The molecule has 4 heteroatoms. The lowest BCUT2D eigenvalue weighted by Gasteiger charge is -2.46. The van der Waals surface area contributed by atoms with Gasteiger partial charge in [-0.25, -0.2) is 8.42 Å². The predicted octanol–water partition coefficient (Wildman–Crippen LogP) is 3.71. The van der Waals surface area contributed by atoms with Gasteiger partial charge in [0.05, 0.1) is 4.75 Å². The summed E-state index contributed by atoms with van der Waals surface area (Å²) in [6.07, 6.45) is 0. The lowest BCUT2D eigenvalue weighted by atomic mass is 10.2. The molecule has 0 radical (unpaired) electrons. The van der Waals surface area contributed by atoms with Gasteiger partial charge in [-0.1, -0.05) is 41.5 Å². The van der Waals surface area contributed by atoms with Crippen molar-refractivity contribution in [2.75, 3.05) is 0 Å². The summed E-state index contributed by atoms with van der Waals surface area (Å²) < 4.78 is 24.3. The van der Waals surface area contributed by atoms with Crippen LogP contribution in [0, 0.1) is 0 Å². The van der Waals surface area contributed by atoms with Crippen LogP contribution in [0.15, 0.2) is 0 Å². The largest absolute Gasteiger partial charge is 0.219 e. The summed E-state index contributed by atoms with van der Waals surface area (Å²) in [6.45, 7) is 17.6. The third kappa shape index (κ3) is 3.39. The summed E-state index contributed by atoms with van der Waals surface area (Å²) in [4.78, 5) is 0. The van der Waals surface area contributed by atoms with Crippen LogP contribution in [0.1, 0.15) is 62.3 Å². The molecule has 0 amide bonds. The average molecular weight is 268 g/mol. The standard InChI is InChI=1S/C12H28O2S2/c1-10(2,3)15(11(4,5)6)16(13,14)12(7,8)9/h15H,1-9H3. The minimum absolute atomic E-state index is 0.181. The van der Waals surface area contributed by atoms with Crippen LogP contribution in [0.5, 0.6) is 0 Å². The van der Waals surface area contributed by atoms with Crippen molar-refractivity contribution in [2.24, 2.45) is 0 Å². The Labute approximate surface area is 104 Å². The summed E-state index contributed by atoms with van der Waals surface area (Å²) in [7, 11) is -4.19. The lowest BCUT2D eigenvalue weighted by molar-refractivity contribution is 0.573. The fourth-order valence-corrected chi connectivity index (χ4v) is 12.0. The Morgan fingerprint density at radius 2 is 0.938 bits per heavy atom. The molecule has 2 nitrogen and oxygen atoms in total. The summed E-state index contributed by atoms with van der Waals surface area (Å²) in [5, 5.41) is 0. The first-order valence-electron chi connectivity index (χ1n) is 5.67. The molecule has 100 valence electrons. The van der Waals surface area contributed by atoms with Crippen molar-refractivity contribution in [3.8, 4) is 0 Å². The van der Waals surface area contributed by atoms with E-state index in [0.29, 0.717) is 0 Å². The van der Waals surface area contributed by atoms with E-state index in [1.165, 1.54) is 0 Å². The van der Waals surface area contributed by atoms with E-state index in [1.54, 1.807) is 20.8 Å². The topological polar surface area (TPSA) is 34.1 Å². The highest BCUT2D eigenvalue weighted by Crippen LogP contribution is 2.58. The number of rotatable bonds is 1. The highest BCUT2D eigenvalue weighted by molar-refractivity contribution is 8.82. The fourth-order valence-electron chi connectivity index (χ4n) is 2.00. The zero-order valence-electron chi connectivity index (χ0n) is 12.2. The van der Waals surface area contributed by atoms with Gasteiger partial charge in [-0.3, -0.25) is 0 Å². The van der Waals surface area contributed by atoms with Gasteiger partial charge >= 0.3 is 0 Å². The maximum absolute atomic E-state index is 12.7. The second-order valence-corrected chi connectivity index (χ2v) is 15.2. The Balaban J connectivity index is 5.78. The third-order valence-corrected chi connectivity index (χ3v) is 13.1. The van der Waals surface area contributed by atoms with Crippen LogP contribution in [-0.4, -0.2) is 22.7 Å². The zero-order valence-corrected chi connectivity index (χ0v) is 13.9. The molecular weight excluding hydrogens is 240 g/mol. The molecule has 0 rings (SSSR count). The summed E-state index contributed by atoms with van der Waals surface area (Å²) in [6, 6.07) is 0. The Morgan fingerprint density at radius 1 is 0.688 bits per heavy atom. The Morgan fingerprint density at radius 3 is 1.00 bits per heavy atom. The summed E-state index contributed by atoms with van der Waals surface area (Å²) >= 11 is 0. The molecule has 0 aliphatic rings. The van der Waals surface area contributed by atoms with Crippen LogP contribution < -0.4 is 0 Å². The number of hydrogen-bond acceptors (Lipinski definition) is 2. The van der Waals surface area contributed by atoms with E-state index in [1.807, 2.05) is 41.5 Å². The molecule has 0 fully saturated rings. The highest BCUT2D eigenvalue weighted by Gasteiger charge is 2.45. The Bertz CT molecular complexity index is 321. The number of thiol groups is 1. The van der Waals surface area contributed by atoms with E-state index in [4.69, 9.17) is 0 Å². The van der Waals surface area contributed by atoms with Crippen molar-refractivity contribution < 1.29 is 8.42 Å². The van der Waals surface area contributed by atoms with E-state index in [9.17, 15) is 8.42 Å². The Hall–Kier alpha value is 0.300. The maximum atomic E-state index is 12.7. The molecule has 0 aromatic heterocycles. The van der Waals surface area contributed by atoms with Gasteiger partial charge in [-0.15, -0.1) is 9.93 Å². The van der Waals surface area contributed by atoms with Gasteiger partial charge in [0.25, 0.3) is 0 Å². The Kier molecular flexibility index (Phi) is 4.28. The molecule has 0 aliphatic carbocycles. The van der Waals surface area contributed by atoms with Crippen molar-refractivity contribution in [3.05, 3.63) is 0 Å². The molecule has 0 saturated heterocycles. The lowest BCUT2D eigenvalue weighted by Crippen LogP contribution is -2.40.